The zero-order chi connectivity index (χ0) is 37.5. The van der Waals surface area contributed by atoms with Crippen LogP contribution in [0.2, 0.25) is 0 Å². The van der Waals surface area contributed by atoms with Crippen LogP contribution in [0.5, 0.6) is 0 Å². The average molecular weight is 717 g/mol. The van der Waals surface area contributed by atoms with Gasteiger partial charge in [-0.15, -0.1) is 0 Å². The summed E-state index contributed by atoms with van der Waals surface area (Å²) in [5, 5.41) is 0. The molecule has 0 amide bonds. The number of para-hydroxylation sites is 1. The number of hydrogen-bond acceptors (Lipinski definition) is 2. The lowest BCUT2D eigenvalue weighted by Crippen LogP contribution is -2.10. The average Bonchev–Trinajstić information content (AvgIpc) is 3.29. The Morgan fingerprint density at radius 3 is 0.732 bits per heavy atom. The molecule has 0 heterocycles. The topological polar surface area (TPSA) is 6.48 Å². The lowest BCUT2D eigenvalue weighted by atomic mass is 10.0. The van der Waals surface area contributed by atoms with E-state index in [2.05, 4.69) is 252 Å². The van der Waals surface area contributed by atoms with Gasteiger partial charge in [0.05, 0.1) is 0 Å². The molecule has 9 rings (SSSR count). The van der Waals surface area contributed by atoms with E-state index in [-0.39, 0.29) is 0 Å². The largest absolute Gasteiger partial charge is 0.310 e. The second kappa shape index (κ2) is 15.9. The van der Waals surface area contributed by atoms with Crippen LogP contribution < -0.4 is 9.80 Å². The molecule has 2 heteroatoms. The number of anilines is 6. The Morgan fingerprint density at radius 2 is 0.393 bits per heavy atom. The van der Waals surface area contributed by atoms with E-state index < -0.39 is 0 Å². The molecule has 0 bridgehead atoms. The van der Waals surface area contributed by atoms with E-state index in [0.29, 0.717) is 0 Å². The summed E-state index contributed by atoms with van der Waals surface area (Å²) >= 11 is 0. The van der Waals surface area contributed by atoms with Gasteiger partial charge in [-0.1, -0.05) is 170 Å². The quantitative estimate of drug-likeness (QED) is 0.139. The Hall–Kier alpha value is -7.42. The molecular formula is C54H40N2. The fraction of sp³-hybridized carbons (Fsp3) is 0. The van der Waals surface area contributed by atoms with E-state index in [1.54, 1.807) is 0 Å². The van der Waals surface area contributed by atoms with Gasteiger partial charge in [0.25, 0.3) is 0 Å². The molecule has 0 aromatic heterocycles. The summed E-state index contributed by atoms with van der Waals surface area (Å²) < 4.78 is 0. The standard InChI is InChI=1S/C54H40N2/c1-5-16-41(17-6-1)46-22-13-27-52(38-46)55(49-25-11-4-12-26-49)50-34-30-44(31-35-50)45-32-36-51(37-33-45)56(53-28-14-23-47(39-53)42-18-7-2-8-19-42)54-29-15-24-48(40-54)43-20-9-3-10-21-43/h1-40H. The van der Waals surface area contributed by atoms with Gasteiger partial charge in [0.15, 0.2) is 0 Å². The highest BCUT2D eigenvalue weighted by molar-refractivity contribution is 5.84. The van der Waals surface area contributed by atoms with Crippen LogP contribution in [0.1, 0.15) is 0 Å². The zero-order valence-corrected chi connectivity index (χ0v) is 31.0. The Morgan fingerprint density at radius 1 is 0.161 bits per heavy atom. The molecule has 0 unspecified atom stereocenters. The van der Waals surface area contributed by atoms with Gasteiger partial charge in [-0.05, 0) is 117 Å². The van der Waals surface area contributed by atoms with Crippen molar-refractivity contribution in [1.82, 2.24) is 0 Å². The van der Waals surface area contributed by atoms with E-state index in [1.165, 1.54) is 33.4 Å². The van der Waals surface area contributed by atoms with Crippen LogP contribution in [0.4, 0.5) is 34.1 Å². The molecule has 0 N–H and O–H groups in total. The maximum absolute atomic E-state index is 2.35. The van der Waals surface area contributed by atoms with E-state index in [0.717, 1.165) is 45.3 Å². The Labute approximate surface area is 329 Å². The third kappa shape index (κ3) is 7.37. The van der Waals surface area contributed by atoms with Gasteiger partial charge in [0, 0.05) is 34.1 Å². The van der Waals surface area contributed by atoms with Gasteiger partial charge in [0.2, 0.25) is 0 Å². The van der Waals surface area contributed by atoms with E-state index >= 15 is 0 Å². The highest BCUT2D eigenvalue weighted by Gasteiger charge is 2.16. The van der Waals surface area contributed by atoms with Crippen molar-refractivity contribution in [3.63, 3.8) is 0 Å². The lowest BCUT2D eigenvalue weighted by Gasteiger charge is -2.27. The van der Waals surface area contributed by atoms with Crippen molar-refractivity contribution in [2.24, 2.45) is 0 Å². The number of nitrogens with zero attached hydrogens (tertiary/aromatic N) is 2. The van der Waals surface area contributed by atoms with Crippen molar-refractivity contribution < 1.29 is 0 Å². The molecule has 56 heavy (non-hydrogen) atoms. The number of hydrogen-bond donors (Lipinski definition) is 0. The zero-order valence-electron chi connectivity index (χ0n) is 31.0. The molecule has 9 aromatic rings. The normalized spacial score (nSPS) is 10.9. The highest BCUT2D eigenvalue weighted by atomic mass is 15.1. The minimum absolute atomic E-state index is 1.09. The number of rotatable bonds is 10. The van der Waals surface area contributed by atoms with Crippen molar-refractivity contribution in [2.75, 3.05) is 9.80 Å². The minimum atomic E-state index is 1.09. The minimum Gasteiger partial charge on any atom is -0.310 e. The second-order valence-electron chi connectivity index (χ2n) is 13.8. The third-order valence-corrected chi connectivity index (χ3v) is 10.2. The monoisotopic (exact) mass is 716 g/mol. The lowest BCUT2D eigenvalue weighted by molar-refractivity contribution is 1.28. The Kier molecular flexibility index (Phi) is 9.75. The predicted octanol–water partition coefficient (Wildman–Crippen LogP) is 15.3. The first-order valence-corrected chi connectivity index (χ1v) is 19.1. The molecule has 2 nitrogen and oxygen atoms in total. The second-order valence-corrected chi connectivity index (χ2v) is 13.8. The van der Waals surface area contributed by atoms with E-state index in [1.807, 2.05) is 0 Å². The summed E-state index contributed by atoms with van der Waals surface area (Å²) in [6.45, 7) is 0. The molecule has 0 atom stereocenters. The Balaban J connectivity index is 1.06. The van der Waals surface area contributed by atoms with Gasteiger partial charge in [-0.3, -0.25) is 0 Å². The first kappa shape index (κ1) is 34.4. The van der Waals surface area contributed by atoms with Crippen LogP contribution in [0, 0.1) is 0 Å². The first-order valence-electron chi connectivity index (χ1n) is 19.1. The fourth-order valence-electron chi connectivity index (χ4n) is 7.44. The van der Waals surface area contributed by atoms with Crippen molar-refractivity contribution in [3.8, 4) is 44.5 Å². The van der Waals surface area contributed by atoms with E-state index in [4.69, 9.17) is 0 Å². The molecule has 0 saturated carbocycles. The summed E-state index contributed by atoms with van der Waals surface area (Å²) in [6.07, 6.45) is 0. The molecule has 0 saturated heterocycles. The van der Waals surface area contributed by atoms with Crippen molar-refractivity contribution in [2.45, 2.75) is 0 Å². The molecule has 9 aromatic carbocycles. The summed E-state index contributed by atoms with van der Waals surface area (Å²) in [7, 11) is 0. The smallest absolute Gasteiger partial charge is 0.0467 e. The van der Waals surface area contributed by atoms with Gasteiger partial charge < -0.3 is 9.80 Å². The molecule has 0 radical (unpaired) electrons. The van der Waals surface area contributed by atoms with Crippen LogP contribution in [0.25, 0.3) is 44.5 Å². The molecule has 0 aliphatic heterocycles. The van der Waals surface area contributed by atoms with Crippen LogP contribution in [0.3, 0.4) is 0 Å². The van der Waals surface area contributed by atoms with Gasteiger partial charge in [0.1, 0.15) is 0 Å². The van der Waals surface area contributed by atoms with Crippen LogP contribution >= 0.6 is 0 Å². The summed E-state index contributed by atoms with van der Waals surface area (Å²) in [5.41, 5.74) is 16.1. The molecular weight excluding hydrogens is 677 g/mol. The predicted molar refractivity (Wildman–Crippen MR) is 238 cm³/mol. The molecule has 266 valence electrons. The maximum atomic E-state index is 2.35. The first-order chi connectivity index (χ1) is 27.8. The molecule has 0 aliphatic rings. The third-order valence-electron chi connectivity index (χ3n) is 10.2. The van der Waals surface area contributed by atoms with E-state index in [9.17, 15) is 0 Å². The Bertz CT molecular complexity index is 2570. The van der Waals surface area contributed by atoms with Crippen molar-refractivity contribution in [1.29, 1.82) is 0 Å². The van der Waals surface area contributed by atoms with Gasteiger partial charge >= 0.3 is 0 Å². The number of benzene rings is 9. The van der Waals surface area contributed by atoms with Crippen molar-refractivity contribution >= 4 is 34.1 Å². The summed E-state index contributed by atoms with van der Waals surface area (Å²) in [4.78, 5) is 4.68. The highest BCUT2D eigenvalue weighted by Crippen LogP contribution is 2.40. The van der Waals surface area contributed by atoms with Crippen LogP contribution in [-0.2, 0) is 0 Å². The van der Waals surface area contributed by atoms with Gasteiger partial charge in [-0.2, -0.15) is 0 Å². The molecule has 0 spiro atoms. The van der Waals surface area contributed by atoms with Gasteiger partial charge in [-0.25, -0.2) is 0 Å². The summed E-state index contributed by atoms with van der Waals surface area (Å²) in [6, 6.07) is 86.6. The molecule has 0 fully saturated rings. The van der Waals surface area contributed by atoms with Crippen LogP contribution in [0.15, 0.2) is 243 Å². The maximum Gasteiger partial charge on any atom is 0.0467 e. The van der Waals surface area contributed by atoms with Crippen LogP contribution in [-0.4, -0.2) is 0 Å². The SMILES string of the molecule is c1ccc(-c2cccc(N(c3ccccc3)c3ccc(-c4ccc(N(c5cccc(-c6ccccc6)c5)c5cccc(-c6ccccc6)c5)cc4)cc3)c2)cc1. The van der Waals surface area contributed by atoms with Crippen molar-refractivity contribution in [3.05, 3.63) is 243 Å². The summed E-state index contributed by atoms with van der Waals surface area (Å²) in [5.74, 6) is 0. The molecule has 0 aliphatic carbocycles. The fourth-order valence-corrected chi connectivity index (χ4v) is 7.44.